The van der Waals surface area contributed by atoms with Gasteiger partial charge in [-0.1, -0.05) is 32.0 Å². The standard InChI is InChI=1S/C22H32N4O2/c1-3-13-26-22(28)19-11-5-4-10-18(19)20(24-26)21(27)23-12-6-7-14-25-15-8-9-17(2)16-25/h4-5,10-11,17H,3,6-9,12-16H2,1-2H3,(H,23,27)/t17-/m0/s1. The molecule has 152 valence electrons. The molecule has 0 saturated carbocycles. The molecule has 1 saturated heterocycles. The van der Waals surface area contributed by atoms with Crippen LogP contribution in [-0.2, 0) is 6.54 Å². The lowest BCUT2D eigenvalue weighted by Gasteiger charge is -2.30. The first-order chi connectivity index (χ1) is 13.6. The SMILES string of the molecule is CCCn1nc(C(=O)NCCCCN2CCC[C@H](C)C2)c2ccccc2c1=O. The fourth-order valence-corrected chi connectivity index (χ4v) is 4.00. The third-order valence-electron chi connectivity index (χ3n) is 5.45. The Labute approximate surface area is 166 Å². The van der Waals surface area contributed by atoms with Gasteiger partial charge in [-0.25, -0.2) is 4.68 Å². The van der Waals surface area contributed by atoms with Crippen LogP contribution in [0.4, 0.5) is 0 Å². The predicted octanol–water partition coefficient (Wildman–Crippen LogP) is 3.05. The fourth-order valence-electron chi connectivity index (χ4n) is 4.00. The smallest absolute Gasteiger partial charge is 0.274 e. The Kier molecular flexibility index (Phi) is 7.20. The maximum atomic E-state index is 12.7. The Morgan fingerprint density at radius 1 is 1.21 bits per heavy atom. The van der Waals surface area contributed by atoms with Crippen LogP contribution in [0.2, 0.25) is 0 Å². The molecule has 6 nitrogen and oxygen atoms in total. The average Bonchev–Trinajstić information content (AvgIpc) is 2.70. The van der Waals surface area contributed by atoms with Crippen LogP contribution in [0.25, 0.3) is 10.8 Å². The zero-order valence-electron chi connectivity index (χ0n) is 17.1. The third-order valence-corrected chi connectivity index (χ3v) is 5.45. The molecule has 0 radical (unpaired) electrons. The van der Waals surface area contributed by atoms with Crippen LogP contribution in [0.1, 0.15) is 56.4 Å². The number of unbranched alkanes of at least 4 members (excludes halogenated alkanes) is 1. The van der Waals surface area contributed by atoms with E-state index in [1.807, 2.05) is 19.1 Å². The summed E-state index contributed by atoms with van der Waals surface area (Å²) in [7, 11) is 0. The molecule has 1 aliphatic rings. The summed E-state index contributed by atoms with van der Waals surface area (Å²) >= 11 is 0. The maximum Gasteiger partial charge on any atom is 0.274 e. The Bertz CT molecular complexity index is 861. The van der Waals surface area contributed by atoms with Crippen molar-refractivity contribution in [1.82, 2.24) is 20.0 Å². The molecule has 1 fully saturated rings. The van der Waals surface area contributed by atoms with Gasteiger partial charge >= 0.3 is 0 Å². The number of carbonyl (C=O) groups is 1. The molecule has 1 N–H and O–H groups in total. The highest BCUT2D eigenvalue weighted by Crippen LogP contribution is 2.16. The minimum Gasteiger partial charge on any atom is -0.351 e. The molecule has 1 amide bonds. The molecule has 0 bridgehead atoms. The minimum atomic E-state index is -0.201. The predicted molar refractivity (Wildman–Crippen MR) is 113 cm³/mol. The maximum absolute atomic E-state index is 12.7. The number of likely N-dealkylation sites (tertiary alicyclic amines) is 1. The highest BCUT2D eigenvalue weighted by atomic mass is 16.2. The molecular formula is C22H32N4O2. The van der Waals surface area contributed by atoms with E-state index in [9.17, 15) is 9.59 Å². The van der Waals surface area contributed by atoms with Crippen molar-refractivity contribution >= 4 is 16.7 Å². The number of hydrogen-bond donors (Lipinski definition) is 1. The molecule has 3 rings (SSSR count). The Hall–Kier alpha value is -2.21. The first-order valence-electron chi connectivity index (χ1n) is 10.6. The van der Waals surface area contributed by atoms with Crippen LogP contribution >= 0.6 is 0 Å². The van der Waals surface area contributed by atoms with Gasteiger partial charge in [0, 0.05) is 25.0 Å². The monoisotopic (exact) mass is 384 g/mol. The topological polar surface area (TPSA) is 67.2 Å². The zero-order chi connectivity index (χ0) is 19.9. The molecule has 2 heterocycles. The number of hydrogen-bond acceptors (Lipinski definition) is 4. The van der Waals surface area contributed by atoms with E-state index < -0.39 is 0 Å². The Morgan fingerprint density at radius 3 is 2.75 bits per heavy atom. The number of nitrogens with zero attached hydrogens (tertiary/aromatic N) is 3. The second-order valence-electron chi connectivity index (χ2n) is 7.93. The van der Waals surface area contributed by atoms with Crippen molar-refractivity contribution < 1.29 is 4.79 Å². The lowest BCUT2D eigenvalue weighted by molar-refractivity contribution is 0.0946. The van der Waals surface area contributed by atoms with E-state index in [2.05, 4.69) is 22.2 Å². The van der Waals surface area contributed by atoms with Gasteiger partial charge in [0.2, 0.25) is 0 Å². The quantitative estimate of drug-likeness (QED) is 0.711. The molecule has 1 aromatic carbocycles. The molecular weight excluding hydrogens is 352 g/mol. The van der Waals surface area contributed by atoms with Gasteiger partial charge in [-0.15, -0.1) is 0 Å². The number of carbonyl (C=O) groups excluding carboxylic acids is 1. The summed E-state index contributed by atoms with van der Waals surface area (Å²) in [5.74, 6) is 0.597. The van der Waals surface area contributed by atoms with Gasteiger partial charge < -0.3 is 10.2 Å². The molecule has 0 aliphatic carbocycles. The second kappa shape index (κ2) is 9.82. The molecule has 1 aromatic heterocycles. The van der Waals surface area contributed by atoms with E-state index in [1.54, 1.807) is 12.1 Å². The minimum absolute atomic E-state index is 0.134. The summed E-state index contributed by atoms with van der Waals surface area (Å²) in [6, 6.07) is 7.22. The largest absolute Gasteiger partial charge is 0.351 e. The van der Waals surface area contributed by atoms with Crippen LogP contribution < -0.4 is 10.9 Å². The summed E-state index contributed by atoms with van der Waals surface area (Å²) < 4.78 is 1.41. The van der Waals surface area contributed by atoms with Gasteiger partial charge in [0.15, 0.2) is 5.69 Å². The second-order valence-corrected chi connectivity index (χ2v) is 7.93. The van der Waals surface area contributed by atoms with Gasteiger partial charge in [0.25, 0.3) is 11.5 Å². The van der Waals surface area contributed by atoms with Crippen molar-refractivity contribution in [3.05, 3.63) is 40.3 Å². The summed E-state index contributed by atoms with van der Waals surface area (Å²) in [6.45, 7) is 8.95. The Morgan fingerprint density at radius 2 is 2.00 bits per heavy atom. The van der Waals surface area contributed by atoms with E-state index in [-0.39, 0.29) is 11.5 Å². The van der Waals surface area contributed by atoms with Gasteiger partial charge in [-0.2, -0.15) is 5.10 Å². The van der Waals surface area contributed by atoms with Gasteiger partial charge in [-0.3, -0.25) is 9.59 Å². The molecule has 0 spiro atoms. The Balaban J connectivity index is 1.59. The van der Waals surface area contributed by atoms with Crippen molar-refractivity contribution in [1.29, 1.82) is 0 Å². The summed E-state index contributed by atoms with van der Waals surface area (Å²) in [5.41, 5.74) is 0.207. The van der Waals surface area contributed by atoms with Crippen molar-refractivity contribution in [3.8, 4) is 0 Å². The first-order valence-corrected chi connectivity index (χ1v) is 10.6. The van der Waals surface area contributed by atoms with E-state index in [0.29, 0.717) is 29.6 Å². The first kappa shape index (κ1) is 20.5. The van der Waals surface area contributed by atoms with E-state index in [4.69, 9.17) is 0 Å². The van der Waals surface area contributed by atoms with Crippen LogP contribution in [0, 0.1) is 5.92 Å². The van der Waals surface area contributed by atoms with E-state index in [0.717, 1.165) is 31.7 Å². The lowest BCUT2D eigenvalue weighted by atomic mass is 10.0. The van der Waals surface area contributed by atoms with Crippen LogP contribution in [-0.4, -0.2) is 46.8 Å². The highest BCUT2D eigenvalue weighted by molar-refractivity contribution is 6.04. The molecule has 1 aliphatic heterocycles. The number of aryl methyl sites for hydroxylation is 1. The van der Waals surface area contributed by atoms with Crippen LogP contribution in [0.3, 0.4) is 0 Å². The van der Waals surface area contributed by atoms with E-state index in [1.165, 1.54) is 30.6 Å². The zero-order valence-corrected chi connectivity index (χ0v) is 17.1. The summed E-state index contributed by atoms with van der Waals surface area (Å²) in [6.07, 6.45) is 5.46. The number of rotatable bonds is 8. The highest BCUT2D eigenvalue weighted by Gasteiger charge is 2.17. The molecule has 6 heteroatoms. The van der Waals surface area contributed by atoms with Gasteiger partial charge in [0.05, 0.1) is 5.39 Å². The number of aromatic nitrogens is 2. The molecule has 0 unspecified atom stereocenters. The number of amides is 1. The summed E-state index contributed by atoms with van der Waals surface area (Å²) in [4.78, 5) is 27.8. The third kappa shape index (κ3) is 4.98. The average molecular weight is 385 g/mol. The number of nitrogens with one attached hydrogen (secondary N) is 1. The summed E-state index contributed by atoms with van der Waals surface area (Å²) in [5, 5.41) is 8.52. The number of benzene rings is 1. The number of piperidine rings is 1. The lowest BCUT2D eigenvalue weighted by Crippen LogP contribution is -2.35. The van der Waals surface area contributed by atoms with Crippen molar-refractivity contribution in [2.24, 2.45) is 5.92 Å². The van der Waals surface area contributed by atoms with Crippen molar-refractivity contribution in [2.75, 3.05) is 26.2 Å². The van der Waals surface area contributed by atoms with Crippen molar-refractivity contribution in [2.45, 2.75) is 52.5 Å². The molecule has 1 atom stereocenters. The molecule has 2 aromatic rings. The van der Waals surface area contributed by atoms with Gasteiger partial charge in [0.1, 0.15) is 0 Å². The van der Waals surface area contributed by atoms with Crippen LogP contribution in [0.5, 0.6) is 0 Å². The normalized spacial score (nSPS) is 17.7. The van der Waals surface area contributed by atoms with E-state index >= 15 is 0 Å². The number of fused-ring (bicyclic) bond motifs is 1. The fraction of sp³-hybridized carbons (Fsp3) is 0.591. The van der Waals surface area contributed by atoms with Gasteiger partial charge in [-0.05, 0) is 57.2 Å². The van der Waals surface area contributed by atoms with Crippen molar-refractivity contribution in [3.63, 3.8) is 0 Å². The molecule has 28 heavy (non-hydrogen) atoms. The van der Waals surface area contributed by atoms with Crippen LogP contribution in [0.15, 0.2) is 29.1 Å².